The van der Waals surface area contributed by atoms with E-state index >= 15 is 0 Å². The molecule has 1 aliphatic carbocycles. The number of aliphatic hydroxyl groups excluding tert-OH is 1. The summed E-state index contributed by atoms with van der Waals surface area (Å²) >= 11 is 0. The number of aromatic nitrogens is 1. The summed E-state index contributed by atoms with van der Waals surface area (Å²) in [6.07, 6.45) is 4.94. The van der Waals surface area contributed by atoms with Crippen LogP contribution in [0, 0.1) is 5.92 Å². The summed E-state index contributed by atoms with van der Waals surface area (Å²) in [5.41, 5.74) is 0.625. The van der Waals surface area contributed by atoms with Crippen molar-refractivity contribution in [2.75, 3.05) is 6.54 Å². The molecule has 0 amide bonds. The molecule has 0 bridgehead atoms. The molecule has 2 N–H and O–H groups in total. The average Bonchev–Trinajstić information content (AvgIpc) is 3.05. The van der Waals surface area contributed by atoms with Gasteiger partial charge in [-0.3, -0.25) is 0 Å². The zero-order valence-corrected chi connectivity index (χ0v) is 11.4. The summed E-state index contributed by atoms with van der Waals surface area (Å²) in [7, 11) is -3.43. The second kappa shape index (κ2) is 5.42. The molecular weight excluding hydrogens is 252 g/mol. The van der Waals surface area contributed by atoms with Gasteiger partial charge in [0.15, 0.2) is 0 Å². The Bertz CT molecular complexity index is 482. The molecule has 5 nitrogen and oxygen atoms in total. The zero-order chi connectivity index (χ0) is 13.2. The summed E-state index contributed by atoms with van der Waals surface area (Å²) in [6.45, 7) is 2.91. The first-order chi connectivity index (χ1) is 8.56. The van der Waals surface area contributed by atoms with Crippen LogP contribution in [0.2, 0.25) is 0 Å². The molecule has 0 aliphatic heterocycles. The minimum Gasteiger partial charge on any atom is -0.390 e. The number of nitrogens with zero attached hydrogens (tertiary/aromatic N) is 1. The predicted octanol–water partition coefficient (Wildman–Crippen LogP) is 1.08. The molecule has 18 heavy (non-hydrogen) atoms. The second-order valence-corrected chi connectivity index (χ2v) is 6.51. The Balaban J connectivity index is 2.05. The first-order valence-electron chi connectivity index (χ1n) is 6.36. The predicted molar refractivity (Wildman–Crippen MR) is 68.6 cm³/mol. The topological polar surface area (TPSA) is 71.3 Å². The molecule has 2 rings (SSSR count). The fourth-order valence-corrected chi connectivity index (χ4v) is 3.10. The molecule has 1 fully saturated rings. The molecule has 6 heteroatoms. The van der Waals surface area contributed by atoms with Gasteiger partial charge in [-0.15, -0.1) is 0 Å². The minimum absolute atomic E-state index is 0.147. The van der Waals surface area contributed by atoms with Crippen molar-refractivity contribution in [2.24, 2.45) is 5.92 Å². The van der Waals surface area contributed by atoms with Crippen LogP contribution in [-0.4, -0.2) is 24.6 Å². The fourth-order valence-electron chi connectivity index (χ4n) is 1.99. The summed E-state index contributed by atoms with van der Waals surface area (Å²) < 4.78 is 28.4. The van der Waals surface area contributed by atoms with Crippen molar-refractivity contribution in [2.45, 2.75) is 44.2 Å². The van der Waals surface area contributed by atoms with Crippen LogP contribution in [0.1, 0.15) is 31.9 Å². The van der Waals surface area contributed by atoms with E-state index in [9.17, 15) is 8.42 Å². The average molecular weight is 272 g/mol. The van der Waals surface area contributed by atoms with Crippen molar-refractivity contribution in [1.29, 1.82) is 0 Å². The van der Waals surface area contributed by atoms with Crippen molar-refractivity contribution >= 4 is 10.0 Å². The van der Waals surface area contributed by atoms with Crippen molar-refractivity contribution in [3.63, 3.8) is 0 Å². The number of aryl methyl sites for hydroxylation is 1. The second-order valence-electron chi connectivity index (χ2n) is 4.74. The Labute approximate surface area is 108 Å². The van der Waals surface area contributed by atoms with Crippen LogP contribution in [0.5, 0.6) is 0 Å². The Hall–Kier alpha value is -0.850. The van der Waals surface area contributed by atoms with E-state index in [0.717, 1.165) is 6.42 Å². The van der Waals surface area contributed by atoms with Crippen LogP contribution < -0.4 is 4.72 Å². The molecule has 102 valence electrons. The normalized spacial score (nSPS) is 16.1. The van der Waals surface area contributed by atoms with E-state index in [-0.39, 0.29) is 11.5 Å². The molecule has 0 atom stereocenters. The van der Waals surface area contributed by atoms with Gasteiger partial charge in [-0.1, -0.05) is 12.8 Å². The largest absolute Gasteiger partial charge is 0.390 e. The number of hydrogen-bond acceptors (Lipinski definition) is 3. The molecule has 0 radical (unpaired) electrons. The van der Waals surface area contributed by atoms with Gasteiger partial charge in [0.25, 0.3) is 0 Å². The van der Waals surface area contributed by atoms with E-state index in [0.29, 0.717) is 24.7 Å². The molecule has 1 aromatic rings. The van der Waals surface area contributed by atoms with E-state index < -0.39 is 10.0 Å². The third-order valence-electron chi connectivity index (χ3n) is 3.32. The van der Waals surface area contributed by atoms with E-state index in [4.69, 9.17) is 5.11 Å². The lowest BCUT2D eigenvalue weighted by molar-refractivity contribution is 0.271. The Morgan fingerprint density at radius 3 is 2.72 bits per heavy atom. The van der Waals surface area contributed by atoms with Crippen molar-refractivity contribution in [1.82, 2.24) is 9.29 Å². The van der Waals surface area contributed by atoms with Gasteiger partial charge in [-0.2, -0.15) is 0 Å². The smallest absolute Gasteiger partial charge is 0.242 e. The summed E-state index contributed by atoms with van der Waals surface area (Å²) in [6, 6.07) is 1.53. The summed E-state index contributed by atoms with van der Waals surface area (Å²) in [4.78, 5) is 0.240. The number of sulfonamides is 1. The van der Waals surface area contributed by atoms with Crippen LogP contribution in [0.15, 0.2) is 17.2 Å². The maximum Gasteiger partial charge on any atom is 0.242 e. The number of aliphatic hydroxyl groups is 1. The summed E-state index contributed by atoms with van der Waals surface area (Å²) in [5, 5.41) is 9.15. The molecule has 0 aromatic carbocycles. The molecule has 0 saturated heterocycles. The highest BCUT2D eigenvalue weighted by atomic mass is 32.2. The van der Waals surface area contributed by atoms with Crippen molar-refractivity contribution < 1.29 is 13.5 Å². The first-order valence-corrected chi connectivity index (χ1v) is 7.84. The van der Waals surface area contributed by atoms with Gasteiger partial charge in [0.05, 0.1) is 11.5 Å². The number of nitrogens with one attached hydrogen (secondary N) is 1. The van der Waals surface area contributed by atoms with Crippen LogP contribution in [0.3, 0.4) is 0 Å². The molecule has 1 aliphatic rings. The Morgan fingerprint density at radius 2 is 2.22 bits per heavy atom. The third kappa shape index (κ3) is 3.13. The quantitative estimate of drug-likeness (QED) is 0.780. The van der Waals surface area contributed by atoms with Crippen LogP contribution in [0.4, 0.5) is 0 Å². The molecule has 0 spiro atoms. The van der Waals surface area contributed by atoms with E-state index in [1.807, 2.05) is 6.92 Å². The highest BCUT2D eigenvalue weighted by Gasteiger charge is 2.22. The van der Waals surface area contributed by atoms with Gasteiger partial charge >= 0.3 is 0 Å². The third-order valence-corrected chi connectivity index (χ3v) is 4.74. The number of hydrogen-bond donors (Lipinski definition) is 2. The van der Waals surface area contributed by atoms with Gasteiger partial charge in [-0.25, -0.2) is 13.1 Å². The van der Waals surface area contributed by atoms with Crippen LogP contribution in [-0.2, 0) is 23.2 Å². The Morgan fingerprint density at radius 1 is 1.50 bits per heavy atom. The van der Waals surface area contributed by atoms with Gasteiger partial charge in [0.1, 0.15) is 0 Å². The van der Waals surface area contributed by atoms with Crippen molar-refractivity contribution in [3.05, 3.63) is 18.0 Å². The van der Waals surface area contributed by atoms with Gasteiger partial charge in [-0.05, 0) is 25.3 Å². The lowest BCUT2D eigenvalue weighted by Gasteiger charge is -2.04. The number of rotatable bonds is 7. The fraction of sp³-hybridized carbons (Fsp3) is 0.667. The highest BCUT2D eigenvalue weighted by Crippen LogP contribution is 2.31. The SMILES string of the molecule is CCn1cc(S(=O)(=O)NCCC2CC2)cc1CO. The minimum atomic E-state index is -3.43. The maximum atomic E-state index is 12.0. The molecule has 1 saturated carbocycles. The molecule has 0 unspecified atom stereocenters. The van der Waals surface area contributed by atoms with Gasteiger partial charge < -0.3 is 9.67 Å². The van der Waals surface area contributed by atoms with Crippen LogP contribution >= 0.6 is 0 Å². The lowest BCUT2D eigenvalue weighted by Crippen LogP contribution is -2.24. The maximum absolute atomic E-state index is 12.0. The molecular formula is C12H20N2O3S. The molecule has 1 heterocycles. The van der Waals surface area contributed by atoms with Gasteiger partial charge in [0.2, 0.25) is 10.0 Å². The van der Waals surface area contributed by atoms with Crippen LogP contribution in [0.25, 0.3) is 0 Å². The van der Waals surface area contributed by atoms with Crippen molar-refractivity contribution in [3.8, 4) is 0 Å². The Kier molecular flexibility index (Phi) is 4.09. The lowest BCUT2D eigenvalue weighted by atomic mass is 10.3. The highest BCUT2D eigenvalue weighted by molar-refractivity contribution is 7.89. The van der Waals surface area contributed by atoms with E-state index in [2.05, 4.69) is 4.72 Å². The van der Waals surface area contributed by atoms with E-state index in [1.165, 1.54) is 18.9 Å². The molecule has 1 aromatic heterocycles. The summed E-state index contributed by atoms with van der Waals surface area (Å²) in [5.74, 6) is 0.709. The zero-order valence-electron chi connectivity index (χ0n) is 10.6. The van der Waals surface area contributed by atoms with E-state index in [1.54, 1.807) is 10.8 Å². The first kappa shape index (κ1) is 13.6. The monoisotopic (exact) mass is 272 g/mol. The van der Waals surface area contributed by atoms with Gasteiger partial charge in [0, 0.05) is 25.0 Å². The standard InChI is InChI=1S/C12H20N2O3S/c1-2-14-8-12(7-11(14)9-15)18(16,17)13-6-5-10-3-4-10/h7-8,10,13,15H,2-6,9H2,1H3.